The molecule has 31 heavy (non-hydrogen) atoms. The number of hydrogen-bond donors (Lipinski definition) is 2. The van der Waals surface area contributed by atoms with Crippen LogP contribution in [0.3, 0.4) is 0 Å². The third kappa shape index (κ3) is 4.28. The third-order valence-corrected chi connectivity index (χ3v) is 5.77. The molecule has 0 fully saturated rings. The van der Waals surface area contributed by atoms with Gasteiger partial charge in [-0.25, -0.2) is 9.59 Å². The van der Waals surface area contributed by atoms with Crippen LogP contribution < -0.4 is 5.32 Å². The van der Waals surface area contributed by atoms with Gasteiger partial charge in [-0.1, -0.05) is 54.6 Å². The first-order chi connectivity index (χ1) is 14.9. The second-order valence-electron chi connectivity index (χ2n) is 7.81. The monoisotopic (exact) mass is 416 g/mol. The maximum Gasteiger partial charge on any atom is 0.407 e. The van der Waals surface area contributed by atoms with Crippen LogP contribution >= 0.6 is 0 Å². The van der Waals surface area contributed by atoms with Crippen LogP contribution in [0.15, 0.2) is 60.8 Å². The molecule has 1 aliphatic carbocycles. The van der Waals surface area contributed by atoms with Crippen molar-refractivity contribution in [1.82, 2.24) is 10.3 Å². The highest BCUT2D eigenvalue weighted by Gasteiger charge is 2.29. The van der Waals surface area contributed by atoms with E-state index in [9.17, 15) is 14.7 Å². The van der Waals surface area contributed by atoms with Crippen molar-refractivity contribution in [2.45, 2.75) is 32.2 Å². The summed E-state index contributed by atoms with van der Waals surface area (Å²) in [5.74, 6) is -1.20. The van der Waals surface area contributed by atoms with E-state index in [4.69, 9.17) is 4.74 Å². The van der Waals surface area contributed by atoms with E-state index < -0.39 is 18.1 Å². The van der Waals surface area contributed by atoms with Crippen LogP contribution in [-0.2, 0) is 16.0 Å². The molecule has 3 aromatic rings. The molecule has 1 aromatic heterocycles. The third-order valence-electron chi connectivity index (χ3n) is 5.77. The van der Waals surface area contributed by atoms with Crippen molar-refractivity contribution < 1.29 is 19.4 Å². The lowest BCUT2D eigenvalue weighted by Gasteiger charge is -2.17. The van der Waals surface area contributed by atoms with Gasteiger partial charge in [-0.15, -0.1) is 0 Å². The van der Waals surface area contributed by atoms with Crippen molar-refractivity contribution in [3.63, 3.8) is 0 Å². The van der Waals surface area contributed by atoms with Crippen molar-refractivity contribution in [2.75, 3.05) is 6.61 Å². The number of carbonyl (C=O) groups is 2. The van der Waals surface area contributed by atoms with Crippen molar-refractivity contribution in [3.05, 3.63) is 88.7 Å². The molecule has 0 radical (unpaired) electrons. The van der Waals surface area contributed by atoms with Gasteiger partial charge in [-0.3, -0.25) is 4.98 Å². The largest absolute Gasteiger partial charge is 0.480 e. The number of fused-ring (bicyclic) bond motifs is 3. The number of nitrogens with zero attached hydrogens (tertiary/aromatic N) is 1. The molecule has 0 bridgehead atoms. The number of amides is 1. The highest BCUT2D eigenvalue weighted by molar-refractivity contribution is 5.81. The van der Waals surface area contributed by atoms with E-state index in [-0.39, 0.29) is 18.9 Å². The fourth-order valence-corrected chi connectivity index (χ4v) is 4.03. The van der Waals surface area contributed by atoms with E-state index in [1.165, 1.54) is 0 Å². The van der Waals surface area contributed by atoms with E-state index >= 15 is 0 Å². The number of hydrogen-bond acceptors (Lipinski definition) is 4. The predicted octanol–water partition coefficient (Wildman–Crippen LogP) is 4.23. The van der Waals surface area contributed by atoms with Gasteiger partial charge in [-0.2, -0.15) is 0 Å². The highest BCUT2D eigenvalue weighted by Crippen LogP contribution is 2.44. The summed E-state index contributed by atoms with van der Waals surface area (Å²) in [5.41, 5.74) is 7.09. The van der Waals surface area contributed by atoms with Crippen molar-refractivity contribution in [3.8, 4) is 11.1 Å². The second kappa shape index (κ2) is 8.60. The zero-order chi connectivity index (χ0) is 22.0. The fourth-order valence-electron chi connectivity index (χ4n) is 4.03. The Bertz CT molecular complexity index is 1100. The molecule has 1 aliphatic rings. The number of rotatable bonds is 6. The minimum absolute atomic E-state index is 0.0784. The minimum Gasteiger partial charge on any atom is -0.480 e. The van der Waals surface area contributed by atoms with Gasteiger partial charge in [0.1, 0.15) is 12.6 Å². The number of carboxylic acid groups (broad SMARTS) is 1. The molecule has 1 heterocycles. The van der Waals surface area contributed by atoms with Gasteiger partial charge in [0.2, 0.25) is 0 Å². The van der Waals surface area contributed by atoms with Crippen LogP contribution in [0.1, 0.15) is 33.9 Å². The number of nitrogens with one attached hydrogen (secondary N) is 1. The molecular weight excluding hydrogens is 392 g/mol. The quantitative estimate of drug-likeness (QED) is 0.628. The summed E-state index contributed by atoms with van der Waals surface area (Å²) in [6.07, 6.45) is 1.02. The summed E-state index contributed by atoms with van der Waals surface area (Å²) in [5, 5.41) is 12.0. The Morgan fingerprint density at radius 2 is 1.68 bits per heavy atom. The normalized spacial score (nSPS) is 13.2. The molecule has 4 rings (SSSR count). The Morgan fingerprint density at radius 3 is 2.26 bits per heavy atom. The van der Waals surface area contributed by atoms with Gasteiger partial charge in [0, 0.05) is 24.2 Å². The van der Waals surface area contributed by atoms with Crippen molar-refractivity contribution in [2.24, 2.45) is 0 Å². The number of aromatic nitrogens is 1. The first-order valence-electron chi connectivity index (χ1n) is 10.2. The lowest BCUT2D eigenvalue weighted by molar-refractivity contribution is -0.139. The van der Waals surface area contributed by atoms with Crippen molar-refractivity contribution in [1.29, 1.82) is 0 Å². The lowest BCUT2D eigenvalue weighted by Crippen LogP contribution is -2.43. The maximum atomic E-state index is 12.4. The number of aryl methyl sites for hydroxylation is 2. The van der Waals surface area contributed by atoms with Crippen molar-refractivity contribution >= 4 is 12.1 Å². The average molecular weight is 416 g/mol. The number of carboxylic acids is 1. The highest BCUT2D eigenvalue weighted by atomic mass is 16.5. The molecular formula is C25H24N2O4. The molecule has 0 saturated carbocycles. The SMILES string of the molecule is Cc1cc(CC(NC(=O)OCC2c3ccccc3-c3ccccc32)C(=O)O)cnc1C. The molecule has 2 aromatic carbocycles. The van der Waals surface area contributed by atoms with Gasteiger partial charge >= 0.3 is 12.1 Å². The Labute approximate surface area is 180 Å². The van der Waals surface area contributed by atoms with Gasteiger partial charge < -0.3 is 15.2 Å². The zero-order valence-corrected chi connectivity index (χ0v) is 17.5. The Morgan fingerprint density at radius 1 is 1.06 bits per heavy atom. The van der Waals surface area contributed by atoms with Gasteiger partial charge in [0.15, 0.2) is 0 Å². The molecule has 1 atom stereocenters. The number of pyridine rings is 1. The Balaban J connectivity index is 1.43. The number of aliphatic carboxylic acids is 1. The molecule has 6 heteroatoms. The maximum absolute atomic E-state index is 12.4. The average Bonchev–Trinajstić information content (AvgIpc) is 3.08. The first-order valence-corrected chi connectivity index (χ1v) is 10.2. The van der Waals surface area contributed by atoms with Crippen LogP contribution in [0.4, 0.5) is 4.79 Å². The molecule has 1 amide bonds. The topological polar surface area (TPSA) is 88.5 Å². The molecule has 0 saturated heterocycles. The van der Waals surface area contributed by atoms with Crippen LogP contribution in [0.25, 0.3) is 11.1 Å². The summed E-state index contributed by atoms with van der Waals surface area (Å²) >= 11 is 0. The smallest absolute Gasteiger partial charge is 0.407 e. The number of ether oxygens (including phenoxy) is 1. The predicted molar refractivity (Wildman–Crippen MR) is 117 cm³/mol. The summed E-state index contributed by atoms with van der Waals surface area (Å²) < 4.78 is 5.47. The van der Waals surface area contributed by atoms with Crippen LogP contribution in [0, 0.1) is 13.8 Å². The van der Waals surface area contributed by atoms with E-state index in [1.54, 1.807) is 6.20 Å². The Kier molecular flexibility index (Phi) is 5.71. The molecule has 0 spiro atoms. The lowest BCUT2D eigenvalue weighted by atomic mass is 9.98. The van der Waals surface area contributed by atoms with Gasteiger partial charge in [0.05, 0.1) is 0 Å². The van der Waals surface area contributed by atoms with Crippen LogP contribution in [-0.4, -0.2) is 34.8 Å². The van der Waals surface area contributed by atoms with E-state index in [0.29, 0.717) is 0 Å². The standard InChI is InChI=1S/C25H24N2O4/c1-15-11-17(13-26-16(15)2)12-23(24(28)29)27-25(30)31-14-22-20-9-5-3-7-18(20)19-8-4-6-10-21(19)22/h3-11,13,22-23H,12,14H2,1-2H3,(H,27,30)(H,28,29). The van der Waals surface area contributed by atoms with E-state index in [2.05, 4.69) is 22.4 Å². The van der Waals surface area contributed by atoms with E-state index in [0.717, 1.165) is 39.1 Å². The molecule has 6 nitrogen and oxygen atoms in total. The second-order valence-corrected chi connectivity index (χ2v) is 7.81. The molecule has 2 N–H and O–H groups in total. The molecule has 0 aliphatic heterocycles. The summed E-state index contributed by atoms with van der Waals surface area (Å²) in [7, 11) is 0. The Hall–Kier alpha value is -3.67. The number of alkyl carbamates (subject to hydrolysis) is 1. The minimum atomic E-state index is -1.12. The van der Waals surface area contributed by atoms with Gasteiger partial charge in [0.25, 0.3) is 0 Å². The summed E-state index contributed by atoms with van der Waals surface area (Å²) in [6, 6.07) is 16.9. The van der Waals surface area contributed by atoms with Crippen LogP contribution in [0.2, 0.25) is 0 Å². The fraction of sp³-hybridized carbons (Fsp3) is 0.240. The molecule has 1 unspecified atom stereocenters. The van der Waals surface area contributed by atoms with E-state index in [1.807, 2.05) is 56.3 Å². The summed E-state index contributed by atoms with van der Waals surface area (Å²) in [6.45, 7) is 3.95. The number of carbonyl (C=O) groups excluding carboxylic acids is 1. The summed E-state index contributed by atoms with van der Waals surface area (Å²) in [4.78, 5) is 28.4. The molecule has 158 valence electrons. The number of benzene rings is 2. The first kappa shape index (κ1) is 20.6. The van der Waals surface area contributed by atoms with Crippen LogP contribution in [0.5, 0.6) is 0 Å². The van der Waals surface area contributed by atoms with Gasteiger partial charge in [-0.05, 0) is 47.2 Å². The zero-order valence-electron chi connectivity index (χ0n) is 17.5.